The van der Waals surface area contributed by atoms with Crippen molar-refractivity contribution in [3.8, 4) is 0 Å². The van der Waals surface area contributed by atoms with Gasteiger partial charge in [0.1, 0.15) is 24.2 Å². The van der Waals surface area contributed by atoms with E-state index in [4.69, 9.17) is 4.74 Å². The van der Waals surface area contributed by atoms with Gasteiger partial charge in [0, 0.05) is 17.3 Å². The van der Waals surface area contributed by atoms with Crippen molar-refractivity contribution >= 4 is 34.8 Å². The standard InChI is InChI=1S/C31H40F3N5O4/c1-17(2)25-26(40)35-18(3)27(41)39-15-7-8-23(38-39)28(42)43-19(4)22-12-11-21-10-9-20(16-24(21)36-22)13-14-30(5,6)29(37-25)31(32,33)34/h9-14,16-19,23,25,29,37-38H,7-8,15H2,1-6H3,(H,35,40)/b14-13+/t18-,19+,23-,25-,29+/m0/s1. The van der Waals surface area contributed by atoms with Gasteiger partial charge >= 0.3 is 12.1 Å². The van der Waals surface area contributed by atoms with Crippen LogP contribution in [0.3, 0.4) is 0 Å². The number of cyclic esters (lactones) is 1. The van der Waals surface area contributed by atoms with E-state index in [0.717, 1.165) is 5.39 Å². The van der Waals surface area contributed by atoms with Crippen LogP contribution in [0, 0.1) is 11.3 Å². The molecule has 2 aliphatic rings. The summed E-state index contributed by atoms with van der Waals surface area (Å²) < 4.78 is 49.3. The third-order valence-electron chi connectivity index (χ3n) is 7.99. The number of hydrazine groups is 1. The number of halogens is 3. The molecule has 1 aromatic heterocycles. The average Bonchev–Trinajstić information content (AvgIpc) is 2.93. The van der Waals surface area contributed by atoms with Crippen molar-refractivity contribution in [2.24, 2.45) is 11.3 Å². The lowest BCUT2D eigenvalue weighted by atomic mass is 9.82. The Morgan fingerprint density at radius 1 is 1.09 bits per heavy atom. The summed E-state index contributed by atoms with van der Waals surface area (Å²) in [5, 5.41) is 7.21. The second-order valence-corrected chi connectivity index (χ2v) is 12.3. The summed E-state index contributed by atoms with van der Waals surface area (Å²) in [5.74, 6) is -2.32. The van der Waals surface area contributed by atoms with Gasteiger partial charge in [0.15, 0.2) is 0 Å². The van der Waals surface area contributed by atoms with Gasteiger partial charge in [-0.05, 0) is 50.3 Å². The van der Waals surface area contributed by atoms with Crippen LogP contribution in [-0.2, 0) is 19.1 Å². The van der Waals surface area contributed by atoms with E-state index in [1.165, 1.54) is 31.9 Å². The molecule has 3 heterocycles. The first-order chi connectivity index (χ1) is 20.1. The minimum atomic E-state index is -4.69. The van der Waals surface area contributed by atoms with Crippen LogP contribution in [0.4, 0.5) is 13.2 Å². The molecule has 2 aromatic rings. The monoisotopic (exact) mass is 603 g/mol. The van der Waals surface area contributed by atoms with Crippen molar-refractivity contribution < 1.29 is 32.3 Å². The van der Waals surface area contributed by atoms with Gasteiger partial charge in [-0.1, -0.05) is 58.0 Å². The molecule has 5 atom stereocenters. The highest BCUT2D eigenvalue weighted by molar-refractivity contribution is 5.90. The SMILES string of the molecule is CC(C)[C@@H]1N[C@@H](C(F)(F)F)C(C)(C)/C=C/c2ccc3ccc(nc3c2)[C@@H](C)OC(=O)[C@@H]2CCCN(N2)C(=O)[C@H](C)NC1=O. The zero-order chi connectivity index (χ0) is 31.7. The second-order valence-electron chi connectivity index (χ2n) is 12.3. The van der Waals surface area contributed by atoms with Crippen LogP contribution in [0.1, 0.15) is 71.7 Å². The molecular formula is C31H40F3N5O4. The first-order valence-corrected chi connectivity index (χ1v) is 14.6. The predicted molar refractivity (Wildman–Crippen MR) is 156 cm³/mol. The van der Waals surface area contributed by atoms with Gasteiger partial charge in [0.25, 0.3) is 5.91 Å². The number of amides is 2. The number of hydrogen-bond donors (Lipinski definition) is 3. The second kappa shape index (κ2) is 12.6. The Morgan fingerprint density at radius 3 is 2.47 bits per heavy atom. The fraction of sp³-hybridized carbons (Fsp3) is 0.548. The lowest BCUT2D eigenvalue weighted by Gasteiger charge is -2.38. The maximum atomic E-state index is 14.5. The Bertz CT molecular complexity index is 1390. The van der Waals surface area contributed by atoms with Gasteiger partial charge in [-0.25, -0.2) is 10.4 Å². The van der Waals surface area contributed by atoms with Gasteiger partial charge in [-0.15, -0.1) is 0 Å². The molecule has 2 aliphatic heterocycles. The summed E-state index contributed by atoms with van der Waals surface area (Å²) in [7, 11) is 0. The summed E-state index contributed by atoms with van der Waals surface area (Å²) in [6.07, 6.45) is -1.36. The molecule has 12 heteroatoms. The van der Waals surface area contributed by atoms with Crippen molar-refractivity contribution in [1.82, 2.24) is 26.1 Å². The molecule has 0 aliphatic carbocycles. The molecule has 0 spiro atoms. The van der Waals surface area contributed by atoms with Crippen LogP contribution in [0.15, 0.2) is 36.4 Å². The maximum absolute atomic E-state index is 14.5. The molecule has 234 valence electrons. The smallest absolute Gasteiger partial charge is 0.404 e. The summed E-state index contributed by atoms with van der Waals surface area (Å²) in [6, 6.07) is 3.79. The summed E-state index contributed by atoms with van der Waals surface area (Å²) in [6.45, 7) is 9.64. The molecule has 0 saturated carbocycles. The Kier molecular flexibility index (Phi) is 9.51. The first kappa shape index (κ1) is 32.4. The number of rotatable bonds is 1. The number of carbonyl (C=O) groups is 3. The van der Waals surface area contributed by atoms with E-state index >= 15 is 0 Å². The minimum absolute atomic E-state index is 0.287. The Labute approximate surface area is 249 Å². The fourth-order valence-corrected chi connectivity index (χ4v) is 5.40. The number of nitrogens with one attached hydrogen (secondary N) is 3. The zero-order valence-electron chi connectivity index (χ0n) is 25.3. The Hall–Kier alpha value is -3.51. The fourth-order valence-electron chi connectivity index (χ4n) is 5.40. The molecule has 0 radical (unpaired) electrons. The summed E-state index contributed by atoms with van der Waals surface area (Å²) >= 11 is 0. The van der Waals surface area contributed by atoms with E-state index in [1.54, 1.807) is 45.0 Å². The Balaban J connectivity index is 1.76. The summed E-state index contributed by atoms with van der Waals surface area (Å²) in [4.78, 5) is 44.3. The average molecular weight is 604 g/mol. The molecule has 1 aromatic carbocycles. The van der Waals surface area contributed by atoms with E-state index in [1.807, 2.05) is 12.1 Å². The van der Waals surface area contributed by atoms with E-state index in [2.05, 4.69) is 21.0 Å². The van der Waals surface area contributed by atoms with Crippen LogP contribution in [0.5, 0.6) is 0 Å². The molecule has 9 nitrogen and oxygen atoms in total. The topological polar surface area (TPSA) is 113 Å². The normalized spacial score (nSPS) is 28.5. The van der Waals surface area contributed by atoms with Gasteiger partial charge in [0.2, 0.25) is 5.91 Å². The molecule has 4 rings (SSSR count). The number of carbonyl (C=O) groups excluding carboxylic acids is 3. The maximum Gasteiger partial charge on any atom is 0.404 e. The first-order valence-electron chi connectivity index (χ1n) is 14.6. The number of ether oxygens (including phenoxy) is 1. The Morgan fingerprint density at radius 2 is 1.79 bits per heavy atom. The van der Waals surface area contributed by atoms with E-state index in [-0.39, 0.29) is 6.54 Å². The lowest BCUT2D eigenvalue weighted by molar-refractivity contribution is -0.177. The van der Waals surface area contributed by atoms with Crippen LogP contribution in [0.2, 0.25) is 0 Å². The number of fused-ring (bicyclic) bond motifs is 4. The number of benzene rings is 1. The van der Waals surface area contributed by atoms with Crippen LogP contribution >= 0.6 is 0 Å². The van der Waals surface area contributed by atoms with Gasteiger partial charge in [-0.2, -0.15) is 13.2 Å². The highest BCUT2D eigenvalue weighted by atomic mass is 19.4. The third kappa shape index (κ3) is 7.53. The van der Waals surface area contributed by atoms with Crippen LogP contribution < -0.4 is 16.1 Å². The number of nitrogens with zero attached hydrogens (tertiary/aromatic N) is 2. The van der Waals surface area contributed by atoms with Gasteiger partial charge in [-0.3, -0.25) is 24.7 Å². The van der Waals surface area contributed by atoms with Crippen molar-refractivity contribution in [2.45, 2.75) is 90.8 Å². The van der Waals surface area contributed by atoms with Crippen molar-refractivity contribution in [2.75, 3.05) is 6.54 Å². The molecular weight excluding hydrogens is 563 g/mol. The molecule has 3 N–H and O–H groups in total. The third-order valence-corrected chi connectivity index (χ3v) is 7.99. The largest absolute Gasteiger partial charge is 0.455 e. The predicted octanol–water partition coefficient (Wildman–Crippen LogP) is 4.44. The van der Waals surface area contributed by atoms with Crippen molar-refractivity contribution in [3.63, 3.8) is 0 Å². The number of esters is 1. The van der Waals surface area contributed by atoms with Crippen LogP contribution in [0.25, 0.3) is 17.0 Å². The number of aromatic nitrogens is 1. The van der Waals surface area contributed by atoms with E-state index in [0.29, 0.717) is 29.6 Å². The minimum Gasteiger partial charge on any atom is -0.455 e. The molecule has 0 unspecified atom stereocenters. The van der Waals surface area contributed by atoms with Crippen molar-refractivity contribution in [3.05, 3.63) is 47.7 Å². The van der Waals surface area contributed by atoms with Crippen LogP contribution in [-0.4, -0.2) is 64.7 Å². The molecule has 43 heavy (non-hydrogen) atoms. The highest BCUT2D eigenvalue weighted by Gasteiger charge is 2.50. The number of alkyl halides is 3. The quantitative estimate of drug-likeness (QED) is 0.414. The number of hydrogen-bond acceptors (Lipinski definition) is 7. The lowest BCUT2D eigenvalue weighted by Crippen LogP contribution is -2.63. The molecule has 1 saturated heterocycles. The van der Waals surface area contributed by atoms with Gasteiger partial charge < -0.3 is 10.1 Å². The zero-order valence-corrected chi connectivity index (χ0v) is 25.3. The van der Waals surface area contributed by atoms with E-state index < -0.39 is 65.6 Å². The van der Waals surface area contributed by atoms with Crippen molar-refractivity contribution in [1.29, 1.82) is 0 Å². The van der Waals surface area contributed by atoms with Gasteiger partial charge in [0.05, 0.1) is 17.3 Å². The summed E-state index contributed by atoms with van der Waals surface area (Å²) in [5.41, 5.74) is 3.17. The molecule has 2 amide bonds. The molecule has 1 fully saturated rings. The van der Waals surface area contributed by atoms with E-state index in [9.17, 15) is 27.6 Å². The number of pyridine rings is 1. The molecule has 5 bridgehead atoms. The highest BCUT2D eigenvalue weighted by Crippen LogP contribution is 2.36.